The molecule has 2 aromatic rings. The second kappa shape index (κ2) is 12.0. The van der Waals surface area contributed by atoms with Gasteiger partial charge in [-0.05, 0) is 50.6 Å². The summed E-state index contributed by atoms with van der Waals surface area (Å²) in [6.45, 7) is 11.0. The Morgan fingerprint density at radius 1 is 1.05 bits per heavy atom. The van der Waals surface area contributed by atoms with Gasteiger partial charge in [0.2, 0.25) is 5.91 Å². The predicted molar refractivity (Wildman–Crippen MR) is 141 cm³/mol. The molecule has 3 heterocycles. The van der Waals surface area contributed by atoms with Gasteiger partial charge in [-0.25, -0.2) is 4.39 Å². The molecule has 0 bridgehead atoms. The second-order valence-electron chi connectivity index (χ2n) is 10.3. The third kappa shape index (κ3) is 6.21. The summed E-state index contributed by atoms with van der Waals surface area (Å²) in [5.74, 6) is -1.43. The fraction of sp³-hybridized carbons (Fsp3) is 0.556. The van der Waals surface area contributed by atoms with E-state index in [4.69, 9.17) is 0 Å². The first-order chi connectivity index (χ1) is 18.2. The quantitative estimate of drug-likeness (QED) is 0.452. The van der Waals surface area contributed by atoms with Gasteiger partial charge in [0.25, 0.3) is 11.8 Å². The molecule has 1 fully saturated rings. The van der Waals surface area contributed by atoms with E-state index in [0.717, 1.165) is 51.3 Å². The Morgan fingerprint density at radius 2 is 1.71 bits per heavy atom. The summed E-state index contributed by atoms with van der Waals surface area (Å²) < 4.78 is 14.6. The number of hydrogen-bond donors (Lipinski definition) is 2. The highest BCUT2D eigenvalue weighted by Crippen LogP contribution is 2.26. The van der Waals surface area contributed by atoms with Crippen molar-refractivity contribution in [1.82, 2.24) is 35.1 Å². The van der Waals surface area contributed by atoms with Gasteiger partial charge in [0.1, 0.15) is 17.1 Å². The summed E-state index contributed by atoms with van der Waals surface area (Å²) >= 11 is 0. The van der Waals surface area contributed by atoms with E-state index in [1.54, 1.807) is 26.1 Å². The Balaban J connectivity index is 1.29. The Bertz CT molecular complexity index is 1140. The normalized spacial score (nSPS) is 20.3. The SMILES string of the molecule is CCCN1CCN(CCCNC(=O)c2cc3n(n2)C[C@](C)(C(=O)NCc2ccc(F)cc2)N(C)C3=O)CC1. The maximum atomic E-state index is 13.2. The van der Waals surface area contributed by atoms with Crippen LogP contribution in [0.25, 0.3) is 0 Å². The summed E-state index contributed by atoms with van der Waals surface area (Å²) in [5.41, 5.74) is -0.0340. The van der Waals surface area contributed by atoms with Crippen molar-refractivity contribution in [2.24, 2.45) is 0 Å². The average molecular weight is 528 g/mol. The minimum Gasteiger partial charge on any atom is -0.351 e. The number of piperazine rings is 1. The lowest BCUT2D eigenvalue weighted by molar-refractivity contribution is -0.132. The molecule has 0 aliphatic carbocycles. The van der Waals surface area contributed by atoms with E-state index in [0.29, 0.717) is 6.54 Å². The predicted octanol–water partition coefficient (Wildman–Crippen LogP) is 1.33. The summed E-state index contributed by atoms with van der Waals surface area (Å²) in [7, 11) is 1.57. The monoisotopic (exact) mass is 527 g/mol. The molecule has 0 unspecified atom stereocenters. The number of benzene rings is 1. The molecule has 4 rings (SSSR count). The number of likely N-dealkylation sites (N-methyl/N-ethyl adjacent to an activating group) is 1. The first kappa shape index (κ1) is 27.7. The second-order valence-corrected chi connectivity index (χ2v) is 10.3. The Labute approximate surface area is 223 Å². The lowest BCUT2D eigenvalue weighted by atomic mass is 9.96. The standard InChI is InChI=1S/C27H38FN7O3/c1-4-11-33-13-15-34(16-14-33)12-5-10-29-24(36)22-17-23-25(37)32(3)27(2,19-35(23)31-22)26(38)30-18-20-6-8-21(28)9-7-20/h6-9,17H,4-5,10-16,18-19H2,1-3H3,(H,29,36)(H,30,38)/t27-/m1/s1. The highest BCUT2D eigenvalue weighted by Gasteiger charge is 2.46. The van der Waals surface area contributed by atoms with Crippen molar-refractivity contribution >= 4 is 17.7 Å². The van der Waals surface area contributed by atoms with Crippen LogP contribution in [0.1, 0.15) is 53.2 Å². The molecule has 2 aliphatic rings. The van der Waals surface area contributed by atoms with Crippen molar-refractivity contribution in [3.63, 3.8) is 0 Å². The molecular weight excluding hydrogens is 489 g/mol. The fourth-order valence-corrected chi connectivity index (χ4v) is 4.96. The average Bonchev–Trinajstić information content (AvgIpc) is 3.34. The van der Waals surface area contributed by atoms with Crippen molar-refractivity contribution in [2.45, 2.75) is 45.3 Å². The van der Waals surface area contributed by atoms with Gasteiger partial charge in [-0.3, -0.25) is 19.1 Å². The largest absolute Gasteiger partial charge is 0.351 e. The molecule has 2 N–H and O–H groups in total. The van der Waals surface area contributed by atoms with Crippen LogP contribution in [0.4, 0.5) is 4.39 Å². The number of rotatable bonds is 10. The van der Waals surface area contributed by atoms with Gasteiger partial charge in [-0.15, -0.1) is 0 Å². The van der Waals surface area contributed by atoms with Crippen LogP contribution in [0.5, 0.6) is 0 Å². The number of hydrogen-bond acceptors (Lipinski definition) is 6. The highest BCUT2D eigenvalue weighted by atomic mass is 19.1. The number of nitrogens with one attached hydrogen (secondary N) is 2. The molecule has 1 aromatic heterocycles. The maximum Gasteiger partial charge on any atom is 0.272 e. The van der Waals surface area contributed by atoms with Crippen LogP contribution in [0.2, 0.25) is 0 Å². The number of halogens is 1. The molecule has 38 heavy (non-hydrogen) atoms. The minimum absolute atomic E-state index is 0.108. The van der Waals surface area contributed by atoms with E-state index in [1.165, 1.54) is 34.2 Å². The molecule has 0 spiro atoms. The number of fused-ring (bicyclic) bond motifs is 1. The van der Waals surface area contributed by atoms with Gasteiger partial charge in [0.15, 0.2) is 5.69 Å². The van der Waals surface area contributed by atoms with Gasteiger partial charge < -0.3 is 25.3 Å². The third-order valence-corrected chi connectivity index (χ3v) is 7.53. The maximum absolute atomic E-state index is 13.2. The van der Waals surface area contributed by atoms with Crippen molar-refractivity contribution in [1.29, 1.82) is 0 Å². The van der Waals surface area contributed by atoms with Crippen molar-refractivity contribution in [3.05, 3.63) is 53.1 Å². The van der Waals surface area contributed by atoms with E-state index in [2.05, 4.69) is 32.5 Å². The molecule has 206 valence electrons. The first-order valence-electron chi connectivity index (χ1n) is 13.3. The zero-order chi connectivity index (χ0) is 27.3. The summed E-state index contributed by atoms with van der Waals surface area (Å²) in [5, 5.41) is 10.1. The smallest absolute Gasteiger partial charge is 0.272 e. The van der Waals surface area contributed by atoms with Crippen LogP contribution < -0.4 is 10.6 Å². The van der Waals surface area contributed by atoms with E-state index in [1.807, 2.05) is 0 Å². The van der Waals surface area contributed by atoms with Crippen molar-refractivity contribution in [3.8, 4) is 0 Å². The van der Waals surface area contributed by atoms with Gasteiger partial charge in [0.05, 0.1) is 6.54 Å². The fourth-order valence-electron chi connectivity index (χ4n) is 4.96. The summed E-state index contributed by atoms with van der Waals surface area (Å²) in [6.07, 6.45) is 2.01. The zero-order valence-electron chi connectivity index (χ0n) is 22.5. The molecule has 3 amide bonds. The number of aromatic nitrogens is 2. The van der Waals surface area contributed by atoms with Crippen LogP contribution in [0.15, 0.2) is 30.3 Å². The molecule has 0 radical (unpaired) electrons. The third-order valence-electron chi connectivity index (χ3n) is 7.53. The molecule has 1 saturated heterocycles. The number of carbonyl (C=O) groups excluding carboxylic acids is 3. The van der Waals surface area contributed by atoms with Crippen LogP contribution in [0, 0.1) is 5.82 Å². The molecule has 1 aromatic carbocycles. The molecular formula is C27H38FN7O3. The van der Waals surface area contributed by atoms with Crippen molar-refractivity contribution in [2.75, 3.05) is 52.9 Å². The topological polar surface area (TPSA) is 103 Å². The van der Waals surface area contributed by atoms with Gasteiger partial charge >= 0.3 is 0 Å². The lowest BCUT2D eigenvalue weighted by Crippen LogP contribution is -2.62. The molecule has 11 heteroatoms. The van der Waals surface area contributed by atoms with E-state index in [9.17, 15) is 18.8 Å². The molecule has 2 aliphatic heterocycles. The zero-order valence-corrected chi connectivity index (χ0v) is 22.5. The number of nitrogens with zero attached hydrogens (tertiary/aromatic N) is 5. The van der Waals surface area contributed by atoms with Crippen LogP contribution in [0.3, 0.4) is 0 Å². The Hall–Kier alpha value is -3.31. The van der Waals surface area contributed by atoms with Crippen LogP contribution in [-0.2, 0) is 17.9 Å². The van der Waals surface area contributed by atoms with Crippen molar-refractivity contribution < 1.29 is 18.8 Å². The summed E-state index contributed by atoms with van der Waals surface area (Å²) in [6, 6.07) is 7.33. The van der Waals surface area contributed by atoms with E-state index < -0.39 is 5.54 Å². The van der Waals surface area contributed by atoms with E-state index >= 15 is 0 Å². The lowest BCUT2D eigenvalue weighted by Gasteiger charge is -2.40. The highest BCUT2D eigenvalue weighted by molar-refractivity contribution is 6.01. The molecule has 0 saturated carbocycles. The van der Waals surface area contributed by atoms with Crippen LogP contribution >= 0.6 is 0 Å². The minimum atomic E-state index is -1.20. The number of carbonyl (C=O) groups is 3. The van der Waals surface area contributed by atoms with Gasteiger partial charge in [-0.2, -0.15) is 5.10 Å². The van der Waals surface area contributed by atoms with E-state index in [-0.39, 0.29) is 48.0 Å². The first-order valence-corrected chi connectivity index (χ1v) is 13.3. The Kier molecular flexibility index (Phi) is 8.78. The van der Waals surface area contributed by atoms with Gasteiger partial charge in [-0.1, -0.05) is 19.1 Å². The summed E-state index contributed by atoms with van der Waals surface area (Å²) in [4.78, 5) is 45.2. The molecule has 10 nitrogen and oxygen atoms in total. The van der Waals surface area contributed by atoms with Gasteiger partial charge in [0, 0.05) is 52.4 Å². The van der Waals surface area contributed by atoms with Crippen LogP contribution in [-0.4, -0.2) is 101 Å². The molecule has 1 atom stereocenters. The Morgan fingerprint density at radius 3 is 2.37 bits per heavy atom. The number of amides is 3.